The zero-order chi connectivity index (χ0) is 19.8. The first-order valence-electron chi connectivity index (χ1n) is 8.25. The van der Waals surface area contributed by atoms with Crippen LogP contribution in [0.3, 0.4) is 0 Å². The highest BCUT2D eigenvalue weighted by molar-refractivity contribution is 7.91. The van der Waals surface area contributed by atoms with Gasteiger partial charge < -0.3 is 10.2 Å². The van der Waals surface area contributed by atoms with Crippen LogP contribution in [0.1, 0.15) is 29.8 Å². The number of phenolic OH excluding ortho intramolecular Hbond substituents is 1. The molecule has 1 aliphatic heterocycles. The SMILES string of the molecule is CC(C)(Cc1ccc(N2C=C(O)NS2(=O)=O)c(O)c1)C(=O)c1ccccc1. The molecule has 3 N–H and O–H groups in total. The second-order valence-corrected chi connectivity index (χ2v) is 8.54. The summed E-state index contributed by atoms with van der Waals surface area (Å²) in [6.45, 7) is 3.64. The van der Waals surface area contributed by atoms with E-state index < -0.39 is 21.5 Å². The van der Waals surface area contributed by atoms with E-state index in [0.717, 1.165) is 10.5 Å². The molecule has 0 saturated carbocycles. The van der Waals surface area contributed by atoms with E-state index in [1.807, 2.05) is 24.6 Å². The Kier molecular flexibility index (Phi) is 4.61. The van der Waals surface area contributed by atoms with Gasteiger partial charge in [0.05, 0.1) is 6.20 Å². The normalized spacial score (nSPS) is 15.9. The van der Waals surface area contributed by atoms with Gasteiger partial charge in [-0.1, -0.05) is 50.2 Å². The molecule has 0 atom stereocenters. The Morgan fingerprint density at radius 1 is 1.11 bits per heavy atom. The van der Waals surface area contributed by atoms with Gasteiger partial charge in [-0.2, -0.15) is 8.42 Å². The predicted molar refractivity (Wildman–Crippen MR) is 102 cm³/mol. The van der Waals surface area contributed by atoms with Crippen LogP contribution < -0.4 is 9.03 Å². The van der Waals surface area contributed by atoms with Gasteiger partial charge in [0.1, 0.15) is 11.4 Å². The van der Waals surface area contributed by atoms with Crippen molar-refractivity contribution in [1.82, 2.24) is 4.72 Å². The number of aliphatic hydroxyl groups is 1. The molecule has 0 radical (unpaired) electrons. The second-order valence-electron chi connectivity index (χ2n) is 7.00. The number of phenols is 1. The third-order valence-corrected chi connectivity index (χ3v) is 5.59. The lowest BCUT2D eigenvalue weighted by molar-refractivity contribution is 0.0837. The van der Waals surface area contributed by atoms with Crippen LogP contribution in [0.15, 0.2) is 60.6 Å². The van der Waals surface area contributed by atoms with E-state index in [0.29, 0.717) is 17.5 Å². The van der Waals surface area contributed by atoms with Crippen molar-refractivity contribution in [1.29, 1.82) is 0 Å². The highest BCUT2D eigenvalue weighted by Crippen LogP contribution is 2.35. The first kappa shape index (κ1) is 18.8. The minimum absolute atomic E-state index is 0.00231. The van der Waals surface area contributed by atoms with Crippen molar-refractivity contribution in [2.75, 3.05) is 4.31 Å². The monoisotopic (exact) mass is 388 g/mol. The molecule has 3 rings (SSSR count). The molecule has 27 heavy (non-hydrogen) atoms. The molecule has 8 heteroatoms. The number of hydrogen-bond donors (Lipinski definition) is 3. The molecule has 0 spiro atoms. The molecule has 0 saturated heterocycles. The van der Waals surface area contributed by atoms with Gasteiger partial charge in [0, 0.05) is 11.0 Å². The smallest absolute Gasteiger partial charge is 0.330 e. The molecule has 2 aromatic rings. The predicted octanol–water partition coefficient (Wildman–Crippen LogP) is 2.86. The van der Waals surface area contributed by atoms with E-state index in [1.54, 1.807) is 30.3 Å². The van der Waals surface area contributed by atoms with Gasteiger partial charge in [-0.15, -0.1) is 0 Å². The number of Topliss-reactive ketones (excluding diaryl/α,β-unsaturated/α-hetero) is 1. The Morgan fingerprint density at radius 3 is 2.33 bits per heavy atom. The number of carbonyl (C=O) groups excluding carboxylic acids is 1. The highest BCUT2D eigenvalue weighted by Gasteiger charge is 2.32. The van der Waals surface area contributed by atoms with Crippen LogP contribution in [-0.4, -0.2) is 24.4 Å². The van der Waals surface area contributed by atoms with E-state index in [2.05, 4.69) is 0 Å². The van der Waals surface area contributed by atoms with Crippen LogP contribution >= 0.6 is 0 Å². The number of nitrogens with one attached hydrogen (secondary N) is 1. The third kappa shape index (κ3) is 3.75. The number of benzene rings is 2. The van der Waals surface area contributed by atoms with Crippen molar-refractivity contribution in [3.63, 3.8) is 0 Å². The van der Waals surface area contributed by atoms with Gasteiger partial charge in [0.15, 0.2) is 5.78 Å². The molecule has 0 unspecified atom stereocenters. The topological polar surface area (TPSA) is 107 Å². The Morgan fingerprint density at radius 2 is 1.78 bits per heavy atom. The van der Waals surface area contributed by atoms with Gasteiger partial charge in [0.2, 0.25) is 5.88 Å². The molecule has 0 aliphatic carbocycles. The van der Waals surface area contributed by atoms with Crippen molar-refractivity contribution in [3.05, 3.63) is 71.7 Å². The lowest BCUT2D eigenvalue weighted by Crippen LogP contribution is -2.29. The van der Waals surface area contributed by atoms with E-state index >= 15 is 0 Å². The molecule has 142 valence electrons. The van der Waals surface area contributed by atoms with Crippen molar-refractivity contribution in [2.45, 2.75) is 20.3 Å². The number of aromatic hydroxyl groups is 1. The number of aliphatic hydroxyl groups excluding tert-OH is 1. The summed E-state index contributed by atoms with van der Waals surface area (Å²) in [7, 11) is -3.98. The fourth-order valence-electron chi connectivity index (χ4n) is 3.02. The van der Waals surface area contributed by atoms with Crippen LogP contribution in [0.2, 0.25) is 0 Å². The molecule has 2 aromatic carbocycles. The molecule has 1 heterocycles. The van der Waals surface area contributed by atoms with Crippen LogP contribution in [0.25, 0.3) is 0 Å². The Bertz CT molecular complexity index is 1010. The zero-order valence-corrected chi connectivity index (χ0v) is 15.7. The van der Waals surface area contributed by atoms with Crippen molar-refractivity contribution >= 4 is 21.7 Å². The number of nitrogens with zero attached hydrogens (tertiary/aromatic N) is 1. The molecule has 0 aromatic heterocycles. The maximum absolute atomic E-state index is 12.8. The minimum atomic E-state index is -3.98. The number of anilines is 1. The van der Waals surface area contributed by atoms with Gasteiger partial charge in [-0.3, -0.25) is 4.79 Å². The summed E-state index contributed by atoms with van der Waals surface area (Å²) in [6, 6.07) is 13.5. The van der Waals surface area contributed by atoms with Crippen molar-refractivity contribution < 1.29 is 23.4 Å². The Hall–Kier alpha value is -3.00. The summed E-state index contributed by atoms with van der Waals surface area (Å²) in [5.41, 5.74) is 0.582. The molecular formula is C19H20N2O5S. The van der Waals surface area contributed by atoms with Gasteiger partial charge >= 0.3 is 10.2 Å². The summed E-state index contributed by atoms with van der Waals surface area (Å²) in [6.07, 6.45) is 1.33. The van der Waals surface area contributed by atoms with Crippen LogP contribution in [-0.2, 0) is 16.6 Å². The standard InChI is InChI=1S/C19H20N2O5S/c1-19(2,18(24)14-6-4-3-5-7-14)11-13-8-9-15(16(22)10-13)21-12-17(23)20-27(21,25)26/h3-10,12,20,22-23H,11H2,1-2H3. The van der Waals surface area contributed by atoms with Gasteiger partial charge in [-0.05, 0) is 24.1 Å². The summed E-state index contributed by atoms with van der Waals surface area (Å²) < 4.78 is 26.5. The first-order valence-corrected chi connectivity index (χ1v) is 9.69. The largest absolute Gasteiger partial charge is 0.506 e. The van der Waals surface area contributed by atoms with Crippen LogP contribution in [0.5, 0.6) is 5.75 Å². The zero-order valence-electron chi connectivity index (χ0n) is 14.9. The summed E-state index contributed by atoms with van der Waals surface area (Å²) >= 11 is 0. The lowest BCUT2D eigenvalue weighted by Gasteiger charge is -2.24. The molecule has 0 fully saturated rings. The molecular weight excluding hydrogens is 368 g/mol. The molecule has 7 nitrogen and oxygen atoms in total. The summed E-state index contributed by atoms with van der Waals surface area (Å²) in [4.78, 5) is 12.8. The fraction of sp³-hybridized carbons (Fsp3) is 0.211. The average molecular weight is 388 g/mol. The maximum Gasteiger partial charge on any atom is 0.330 e. The molecule has 0 amide bonds. The van der Waals surface area contributed by atoms with Crippen LogP contribution in [0.4, 0.5) is 5.69 Å². The Labute approximate surface area is 157 Å². The van der Waals surface area contributed by atoms with Crippen LogP contribution in [0, 0.1) is 5.41 Å². The quantitative estimate of drug-likeness (QED) is 0.683. The van der Waals surface area contributed by atoms with E-state index in [4.69, 9.17) is 0 Å². The number of carbonyl (C=O) groups is 1. The summed E-state index contributed by atoms with van der Waals surface area (Å²) in [5, 5.41) is 19.7. The number of ketones is 1. The molecule has 0 bridgehead atoms. The van der Waals surface area contributed by atoms with E-state index in [9.17, 15) is 23.4 Å². The first-order chi connectivity index (χ1) is 12.6. The Balaban J connectivity index is 1.85. The maximum atomic E-state index is 12.8. The number of rotatable bonds is 5. The molecule has 1 aliphatic rings. The minimum Gasteiger partial charge on any atom is -0.506 e. The van der Waals surface area contributed by atoms with Crippen molar-refractivity contribution in [2.24, 2.45) is 5.41 Å². The third-order valence-electron chi connectivity index (χ3n) is 4.31. The van der Waals surface area contributed by atoms with Crippen molar-refractivity contribution in [3.8, 4) is 5.75 Å². The highest BCUT2D eigenvalue weighted by atomic mass is 32.2. The van der Waals surface area contributed by atoms with E-state index in [-0.39, 0.29) is 17.2 Å². The average Bonchev–Trinajstić information content (AvgIpc) is 2.87. The fourth-order valence-corrected chi connectivity index (χ4v) is 4.09. The summed E-state index contributed by atoms with van der Waals surface area (Å²) in [5.74, 6) is -0.828. The number of hydrogen-bond acceptors (Lipinski definition) is 5. The van der Waals surface area contributed by atoms with E-state index in [1.165, 1.54) is 12.1 Å². The lowest BCUT2D eigenvalue weighted by atomic mass is 9.79. The van der Waals surface area contributed by atoms with Gasteiger partial charge in [0.25, 0.3) is 0 Å². The second kappa shape index (κ2) is 6.62. The van der Waals surface area contributed by atoms with Gasteiger partial charge in [-0.25, -0.2) is 9.03 Å².